The van der Waals surface area contributed by atoms with Crippen LogP contribution in [-0.2, 0) is 14.0 Å². The molecule has 0 radical (unpaired) electrons. The van der Waals surface area contributed by atoms with Crippen molar-refractivity contribution in [3.63, 3.8) is 0 Å². The number of ether oxygens (including phenoxy) is 1. The summed E-state index contributed by atoms with van der Waals surface area (Å²) in [4.78, 5) is 25.9. The van der Waals surface area contributed by atoms with Gasteiger partial charge in [0, 0.05) is 6.54 Å². The van der Waals surface area contributed by atoms with E-state index in [1.54, 1.807) is 6.08 Å². The highest BCUT2D eigenvalue weighted by atomic mass is 28.4. The van der Waals surface area contributed by atoms with Crippen molar-refractivity contribution in [3.8, 4) is 0 Å². The van der Waals surface area contributed by atoms with Gasteiger partial charge in [0.05, 0.1) is 13.2 Å². The summed E-state index contributed by atoms with van der Waals surface area (Å²) in [5.74, 6) is -0.0950. The maximum absolute atomic E-state index is 12.2. The van der Waals surface area contributed by atoms with Gasteiger partial charge in [0.2, 0.25) is 0 Å². The predicted octanol–water partition coefficient (Wildman–Crippen LogP) is 3.75. The van der Waals surface area contributed by atoms with Gasteiger partial charge in [-0.15, -0.1) is 0 Å². The topological polar surface area (TPSA) is 55.8 Å². The van der Waals surface area contributed by atoms with Gasteiger partial charge in [-0.2, -0.15) is 0 Å². The van der Waals surface area contributed by atoms with Crippen molar-refractivity contribution < 1.29 is 18.8 Å². The van der Waals surface area contributed by atoms with Crippen LogP contribution in [-0.4, -0.2) is 50.9 Å². The summed E-state index contributed by atoms with van der Waals surface area (Å²) < 4.78 is 11.4. The second-order valence-corrected chi connectivity index (χ2v) is 12.3. The second kappa shape index (κ2) is 8.10. The highest BCUT2D eigenvalue weighted by molar-refractivity contribution is 6.74. The molecule has 132 valence electrons. The Hall–Kier alpha value is -1.14. The number of carbonyl (C=O) groups excluding carboxylic acids is 2. The van der Waals surface area contributed by atoms with E-state index in [-0.39, 0.29) is 17.4 Å². The molecular formula is C17H31NO4Si. The van der Waals surface area contributed by atoms with E-state index >= 15 is 0 Å². The van der Waals surface area contributed by atoms with Gasteiger partial charge in [0.25, 0.3) is 0 Å². The van der Waals surface area contributed by atoms with Crippen molar-refractivity contribution >= 4 is 20.2 Å². The molecule has 0 saturated carbocycles. The van der Waals surface area contributed by atoms with E-state index in [0.717, 1.165) is 12.8 Å². The first-order valence-corrected chi connectivity index (χ1v) is 11.3. The first-order chi connectivity index (χ1) is 10.6. The third-order valence-electron chi connectivity index (χ3n) is 4.66. The van der Waals surface area contributed by atoms with E-state index < -0.39 is 20.5 Å². The molecule has 1 heterocycles. The Bertz CT molecular complexity index is 454. The number of amides is 1. The molecule has 0 fully saturated rings. The lowest BCUT2D eigenvalue weighted by Crippen LogP contribution is -2.52. The Balaban J connectivity index is 2.73. The van der Waals surface area contributed by atoms with Crippen LogP contribution in [0.4, 0.5) is 4.79 Å². The first kappa shape index (κ1) is 19.9. The Morgan fingerprint density at radius 1 is 1.39 bits per heavy atom. The maximum atomic E-state index is 12.2. The molecule has 0 saturated heterocycles. The minimum atomic E-state index is -1.97. The molecule has 1 amide bonds. The summed E-state index contributed by atoms with van der Waals surface area (Å²) in [6.07, 6.45) is 4.60. The monoisotopic (exact) mass is 341 g/mol. The summed E-state index contributed by atoms with van der Waals surface area (Å²) >= 11 is 0. The molecule has 0 spiro atoms. The Morgan fingerprint density at radius 2 is 2.04 bits per heavy atom. The van der Waals surface area contributed by atoms with Crippen molar-refractivity contribution in [2.75, 3.05) is 19.8 Å². The maximum Gasteiger partial charge on any atom is 0.410 e. The molecule has 0 N–H and O–H groups in total. The molecule has 0 aliphatic carbocycles. The number of ketones is 1. The number of hydrogen-bond acceptors (Lipinski definition) is 4. The fraction of sp³-hybridized carbons (Fsp3) is 0.765. The Labute approximate surface area is 141 Å². The van der Waals surface area contributed by atoms with Crippen molar-refractivity contribution in [2.45, 2.75) is 64.7 Å². The van der Waals surface area contributed by atoms with E-state index in [2.05, 4.69) is 33.9 Å². The summed E-state index contributed by atoms with van der Waals surface area (Å²) in [7, 11) is -1.97. The number of hydrogen-bond donors (Lipinski definition) is 0. The highest BCUT2D eigenvalue weighted by Crippen LogP contribution is 2.36. The largest absolute Gasteiger partial charge is 0.449 e. The van der Waals surface area contributed by atoms with Crippen LogP contribution < -0.4 is 0 Å². The fourth-order valence-electron chi connectivity index (χ4n) is 1.94. The first-order valence-electron chi connectivity index (χ1n) is 8.38. The van der Waals surface area contributed by atoms with E-state index in [4.69, 9.17) is 9.16 Å². The third kappa shape index (κ3) is 5.46. The molecule has 1 aliphatic rings. The molecule has 0 unspecified atom stereocenters. The van der Waals surface area contributed by atoms with Gasteiger partial charge in [-0.1, -0.05) is 40.2 Å². The van der Waals surface area contributed by atoms with Gasteiger partial charge in [0.15, 0.2) is 14.1 Å². The Morgan fingerprint density at radius 3 is 2.61 bits per heavy atom. The van der Waals surface area contributed by atoms with E-state index in [1.807, 2.05) is 6.92 Å². The zero-order valence-electron chi connectivity index (χ0n) is 15.3. The summed E-state index contributed by atoms with van der Waals surface area (Å²) in [5.41, 5.74) is 0. The van der Waals surface area contributed by atoms with Crippen molar-refractivity contribution in [1.29, 1.82) is 0 Å². The molecule has 0 aromatic rings. The third-order valence-corrected chi connectivity index (χ3v) is 9.16. The Kier molecular flexibility index (Phi) is 7.01. The molecular weight excluding hydrogens is 310 g/mol. The molecule has 1 atom stereocenters. The number of unbranched alkanes of at least 4 members (excludes halogenated alkanes) is 1. The van der Waals surface area contributed by atoms with Gasteiger partial charge >= 0.3 is 6.09 Å². The van der Waals surface area contributed by atoms with Gasteiger partial charge in [-0.3, -0.25) is 9.69 Å². The van der Waals surface area contributed by atoms with E-state index in [9.17, 15) is 9.59 Å². The number of rotatable bonds is 6. The average Bonchev–Trinajstić information content (AvgIpc) is 2.44. The van der Waals surface area contributed by atoms with Crippen LogP contribution >= 0.6 is 0 Å². The minimum absolute atomic E-state index is 0.0625. The number of carbonyl (C=O) groups is 2. The van der Waals surface area contributed by atoms with Crippen LogP contribution in [0.2, 0.25) is 18.1 Å². The quantitative estimate of drug-likeness (QED) is 0.545. The van der Waals surface area contributed by atoms with Gasteiger partial charge in [-0.05, 0) is 30.6 Å². The van der Waals surface area contributed by atoms with Gasteiger partial charge < -0.3 is 9.16 Å². The van der Waals surface area contributed by atoms with Gasteiger partial charge in [-0.25, -0.2) is 4.79 Å². The van der Waals surface area contributed by atoms with Gasteiger partial charge in [0.1, 0.15) is 6.04 Å². The normalized spacial score (nSPS) is 19.1. The molecule has 0 aromatic carbocycles. The van der Waals surface area contributed by atoms with Crippen LogP contribution in [0.25, 0.3) is 0 Å². The van der Waals surface area contributed by atoms with Crippen molar-refractivity contribution in [1.82, 2.24) is 4.90 Å². The SMILES string of the molecule is CCCCOC(=O)N1CC=CC(=O)[C@H]1CO[Si](C)(C)C(C)(C)C. The van der Waals surface area contributed by atoms with Crippen LogP contribution in [0.3, 0.4) is 0 Å². The lowest BCUT2D eigenvalue weighted by atomic mass is 10.1. The molecule has 6 heteroatoms. The summed E-state index contributed by atoms with van der Waals surface area (Å²) in [5, 5.41) is 0.0625. The minimum Gasteiger partial charge on any atom is -0.449 e. The number of nitrogens with zero attached hydrogens (tertiary/aromatic N) is 1. The molecule has 5 nitrogen and oxygen atoms in total. The van der Waals surface area contributed by atoms with Crippen LogP contribution in [0.1, 0.15) is 40.5 Å². The molecule has 1 rings (SSSR count). The zero-order chi connectivity index (χ0) is 17.7. The standard InChI is InChI=1S/C17H31NO4Si/c1-7-8-12-21-16(20)18-11-9-10-15(19)14(18)13-22-23(5,6)17(2,3)4/h9-10,14H,7-8,11-13H2,1-6H3/t14-/m1/s1. The van der Waals surface area contributed by atoms with Crippen LogP contribution in [0, 0.1) is 0 Å². The van der Waals surface area contributed by atoms with Crippen molar-refractivity contribution in [3.05, 3.63) is 12.2 Å². The van der Waals surface area contributed by atoms with Crippen molar-refractivity contribution in [2.24, 2.45) is 0 Å². The zero-order valence-corrected chi connectivity index (χ0v) is 16.3. The smallest absolute Gasteiger partial charge is 0.410 e. The predicted molar refractivity (Wildman–Crippen MR) is 94.0 cm³/mol. The molecule has 1 aliphatic heterocycles. The van der Waals surface area contributed by atoms with E-state index in [0.29, 0.717) is 13.2 Å². The fourth-order valence-corrected chi connectivity index (χ4v) is 2.95. The summed E-state index contributed by atoms with van der Waals surface area (Å²) in [6.45, 7) is 13.8. The second-order valence-electron chi connectivity index (χ2n) is 7.51. The molecule has 0 bridgehead atoms. The van der Waals surface area contributed by atoms with Crippen LogP contribution in [0.15, 0.2) is 12.2 Å². The summed E-state index contributed by atoms with van der Waals surface area (Å²) in [6, 6.07) is -0.580. The molecule has 0 aromatic heterocycles. The molecule has 23 heavy (non-hydrogen) atoms. The highest BCUT2D eigenvalue weighted by Gasteiger charge is 2.40. The average molecular weight is 342 g/mol. The lowest BCUT2D eigenvalue weighted by Gasteiger charge is -2.39. The van der Waals surface area contributed by atoms with Crippen LogP contribution in [0.5, 0.6) is 0 Å². The van der Waals surface area contributed by atoms with E-state index in [1.165, 1.54) is 11.0 Å². The lowest BCUT2D eigenvalue weighted by molar-refractivity contribution is -0.120.